The van der Waals surface area contributed by atoms with Gasteiger partial charge in [-0.05, 0) is 37.3 Å². The number of aliphatic imine (C=N–C) groups is 1. The molecule has 1 aromatic heterocycles. The number of anilines is 3. The second kappa shape index (κ2) is 8.43. The van der Waals surface area contributed by atoms with Crippen LogP contribution in [0.3, 0.4) is 0 Å². The zero-order chi connectivity index (χ0) is 22.1. The van der Waals surface area contributed by atoms with Crippen LogP contribution in [-0.4, -0.2) is 41.5 Å². The van der Waals surface area contributed by atoms with Crippen LogP contribution in [0, 0.1) is 0 Å². The number of hydrogen-bond acceptors (Lipinski definition) is 7. The fourth-order valence-electron chi connectivity index (χ4n) is 3.81. The van der Waals surface area contributed by atoms with E-state index in [9.17, 15) is 4.79 Å². The summed E-state index contributed by atoms with van der Waals surface area (Å²) >= 11 is 6.46. The molecular formula is C24H20ClN5O2. The van der Waals surface area contributed by atoms with E-state index in [1.807, 2.05) is 36.4 Å². The lowest BCUT2D eigenvalue weighted by molar-refractivity contribution is 0.0526. The van der Waals surface area contributed by atoms with Crippen LogP contribution < -0.4 is 10.2 Å². The van der Waals surface area contributed by atoms with Gasteiger partial charge in [-0.3, -0.25) is 4.99 Å². The van der Waals surface area contributed by atoms with Crippen molar-refractivity contribution >= 4 is 52.5 Å². The van der Waals surface area contributed by atoms with Crippen LogP contribution in [0.5, 0.6) is 0 Å². The van der Waals surface area contributed by atoms with E-state index in [1.54, 1.807) is 31.3 Å². The number of esters is 1. The molecule has 0 atom stereocenters. The topological polar surface area (TPSA) is 79.7 Å². The monoisotopic (exact) mass is 445 g/mol. The maximum absolute atomic E-state index is 12.0. The first-order chi connectivity index (χ1) is 15.6. The van der Waals surface area contributed by atoms with Gasteiger partial charge in [0.1, 0.15) is 11.7 Å². The van der Waals surface area contributed by atoms with Gasteiger partial charge >= 0.3 is 5.97 Å². The largest absolute Gasteiger partial charge is 0.462 e. The number of nitrogens with zero attached hydrogens (tertiary/aromatic N) is 4. The lowest BCUT2D eigenvalue weighted by atomic mass is 9.98. The van der Waals surface area contributed by atoms with Crippen LogP contribution in [0.15, 0.2) is 59.7 Å². The van der Waals surface area contributed by atoms with Crippen molar-refractivity contribution in [1.29, 1.82) is 0 Å². The smallest absolute Gasteiger partial charge is 0.338 e. The maximum Gasteiger partial charge on any atom is 0.338 e. The molecule has 0 unspecified atom stereocenters. The highest BCUT2D eigenvalue weighted by molar-refractivity contribution is 6.40. The Hall–Kier alpha value is -3.71. The fraction of sp³-hybridized carbons (Fsp3) is 0.167. The van der Waals surface area contributed by atoms with Gasteiger partial charge < -0.3 is 15.0 Å². The minimum atomic E-state index is -0.363. The molecule has 2 aromatic carbocycles. The van der Waals surface area contributed by atoms with Gasteiger partial charge in [0.05, 0.1) is 18.7 Å². The third-order valence-corrected chi connectivity index (χ3v) is 5.56. The van der Waals surface area contributed by atoms with Gasteiger partial charge in [-0.1, -0.05) is 35.9 Å². The number of benzene rings is 2. The second-order valence-electron chi connectivity index (χ2n) is 7.29. The zero-order valence-corrected chi connectivity index (χ0v) is 18.1. The van der Waals surface area contributed by atoms with E-state index in [2.05, 4.69) is 15.2 Å². The lowest BCUT2D eigenvalue weighted by Crippen LogP contribution is -2.32. The predicted molar refractivity (Wildman–Crippen MR) is 127 cm³/mol. The van der Waals surface area contributed by atoms with Crippen LogP contribution in [-0.2, 0) is 4.74 Å². The molecule has 3 aromatic rings. The molecule has 1 N–H and O–H groups in total. The Labute approximate surface area is 190 Å². The summed E-state index contributed by atoms with van der Waals surface area (Å²) in [5.41, 5.74) is 3.96. The van der Waals surface area contributed by atoms with Crippen LogP contribution in [0.25, 0.3) is 11.6 Å². The van der Waals surface area contributed by atoms with Crippen molar-refractivity contribution in [2.45, 2.75) is 6.92 Å². The first kappa shape index (κ1) is 20.2. The molecule has 32 heavy (non-hydrogen) atoms. The predicted octanol–water partition coefficient (Wildman–Crippen LogP) is 4.82. The minimum absolute atomic E-state index is 0.327. The summed E-state index contributed by atoms with van der Waals surface area (Å²) in [6.45, 7) is 3.53. The van der Waals surface area contributed by atoms with Crippen molar-refractivity contribution in [2.24, 2.45) is 4.99 Å². The Morgan fingerprint density at radius 3 is 2.94 bits per heavy atom. The summed E-state index contributed by atoms with van der Waals surface area (Å²) in [6.07, 6.45) is 3.81. The average Bonchev–Trinajstić information content (AvgIpc) is 3.30. The molecule has 3 heterocycles. The number of amidine groups is 1. The molecule has 0 saturated heterocycles. The molecule has 0 aliphatic carbocycles. The molecule has 8 heteroatoms. The van der Waals surface area contributed by atoms with Crippen molar-refractivity contribution in [1.82, 2.24) is 9.97 Å². The van der Waals surface area contributed by atoms with Crippen LogP contribution in [0.4, 0.5) is 17.5 Å². The number of ether oxygens (including phenoxy) is 1. The Bertz CT molecular complexity index is 1270. The molecule has 0 fully saturated rings. The molecular weight excluding hydrogens is 426 g/mol. The van der Waals surface area contributed by atoms with Crippen molar-refractivity contribution in [2.75, 3.05) is 29.9 Å². The van der Waals surface area contributed by atoms with Gasteiger partial charge in [0, 0.05) is 40.2 Å². The van der Waals surface area contributed by atoms with E-state index >= 15 is 0 Å². The number of rotatable bonds is 5. The number of hydrogen-bond donors (Lipinski definition) is 1. The molecule has 2 aliphatic heterocycles. The number of carbonyl (C=O) groups excluding carboxylic acids is 1. The highest BCUT2D eigenvalue weighted by Gasteiger charge is 2.31. The number of halogens is 1. The summed E-state index contributed by atoms with van der Waals surface area (Å²) in [4.78, 5) is 28.0. The molecule has 160 valence electrons. The summed E-state index contributed by atoms with van der Waals surface area (Å²) in [5.74, 6) is 1.72. The highest BCUT2D eigenvalue weighted by Crippen LogP contribution is 2.37. The van der Waals surface area contributed by atoms with Gasteiger partial charge in [0.2, 0.25) is 5.95 Å². The third-order valence-electron chi connectivity index (χ3n) is 5.23. The molecule has 0 saturated carbocycles. The van der Waals surface area contributed by atoms with Crippen LogP contribution in [0.1, 0.15) is 28.4 Å². The molecule has 7 nitrogen and oxygen atoms in total. The molecule has 0 spiro atoms. The van der Waals surface area contributed by atoms with E-state index in [4.69, 9.17) is 26.3 Å². The summed E-state index contributed by atoms with van der Waals surface area (Å²) in [7, 11) is 0. The molecule has 0 bridgehead atoms. The number of carbonyl (C=O) groups is 1. The Balaban J connectivity index is 1.48. The van der Waals surface area contributed by atoms with Gasteiger partial charge in [0.15, 0.2) is 0 Å². The van der Waals surface area contributed by atoms with E-state index in [1.165, 1.54) is 0 Å². The first-order valence-corrected chi connectivity index (χ1v) is 10.7. The van der Waals surface area contributed by atoms with E-state index < -0.39 is 0 Å². The van der Waals surface area contributed by atoms with Gasteiger partial charge in [0.25, 0.3) is 0 Å². The summed E-state index contributed by atoms with van der Waals surface area (Å²) < 4.78 is 5.08. The van der Waals surface area contributed by atoms with Crippen molar-refractivity contribution in [3.8, 4) is 0 Å². The quantitative estimate of drug-likeness (QED) is 0.567. The summed E-state index contributed by atoms with van der Waals surface area (Å²) in [5, 5.41) is 3.86. The maximum atomic E-state index is 12.0. The second-order valence-corrected chi connectivity index (χ2v) is 7.70. The number of aromatic nitrogens is 2. The summed E-state index contributed by atoms with van der Waals surface area (Å²) in [6, 6.07) is 14.8. The highest BCUT2D eigenvalue weighted by atomic mass is 35.5. The number of fused-ring (bicyclic) bond motifs is 3. The average molecular weight is 446 g/mol. The first-order valence-electron chi connectivity index (χ1n) is 10.3. The molecule has 5 rings (SSSR count). The van der Waals surface area contributed by atoms with Gasteiger partial charge in [-0.25, -0.2) is 9.78 Å². The standard InChI is InChI=1S/C24H20ClN5O2/c1-2-32-23(31)15-6-5-7-17(12-15)28-24-27-14-16-13-19(18-8-3-4-9-20(18)25)22-26-10-11-30(22)21(16)29-24/h3-9,12-14H,2,10-11H2,1H3,(H,27,28,29). The fourth-order valence-corrected chi connectivity index (χ4v) is 4.05. The SMILES string of the molecule is CCOC(=O)c1cccc(Nc2ncc3c(n2)N2CCN=C2C(c2ccccc2Cl)=C3)c1. The van der Waals surface area contributed by atoms with Crippen molar-refractivity contribution in [3.63, 3.8) is 0 Å². The zero-order valence-electron chi connectivity index (χ0n) is 17.4. The van der Waals surface area contributed by atoms with Crippen LogP contribution >= 0.6 is 11.6 Å². The number of nitrogens with one attached hydrogen (secondary N) is 1. The minimum Gasteiger partial charge on any atom is -0.462 e. The Kier molecular flexibility index (Phi) is 5.33. The third kappa shape index (κ3) is 3.71. The van der Waals surface area contributed by atoms with Gasteiger partial charge in [-0.15, -0.1) is 0 Å². The van der Waals surface area contributed by atoms with E-state index in [0.717, 1.165) is 34.9 Å². The normalized spacial score (nSPS) is 14.2. The van der Waals surface area contributed by atoms with E-state index in [0.29, 0.717) is 35.4 Å². The molecule has 2 aliphatic rings. The molecule has 0 amide bonds. The van der Waals surface area contributed by atoms with Gasteiger partial charge in [-0.2, -0.15) is 4.98 Å². The van der Waals surface area contributed by atoms with Crippen LogP contribution in [0.2, 0.25) is 5.02 Å². The Morgan fingerprint density at radius 2 is 2.09 bits per heavy atom. The lowest BCUT2D eigenvalue weighted by Gasteiger charge is -2.27. The van der Waals surface area contributed by atoms with Crippen molar-refractivity contribution in [3.05, 3.63) is 76.4 Å². The Morgan fingerprint density at radius 1 is 1.22 bits per heavy atom. The van der Waals surface area contributed by atoms with Crippen molar-refractivity contribution < 1.29 is 9.53 Å². The van der Waals surface area contributed by atoms with E-state index in [-0.39, 0.29) is 5.97 Å². The molecule has 0 radical (unpaired) electrons.